The van der Waals surface area contributed by atoms with E-state index >= 15 is 0 Å². The second-order valence-electron chi connectivity index (χ2n) is 29.5. The highest BCUT2D eigenvalue weighted by molar-refractivity contribution is 7.00. The second kappa shape index (κ2) is 19.5. The zero-order valence-electron chi connectivity index (χ0n) is 53.2. The van der Waals surface area contributed by atoms with Crippen molar-refractivity contribution in [1.82, 2.24) is 19.1 Å². The third-order valence-electron chi connectivity index (χ3n) is 19.5. The molecule has 0 N–H and O–H groups in total. The number of aromatic nitrogens is 4. The Bertz CT molecular complexity index is 4940. The first-order chi connectivity index (χ1) is 42.7. The fraction of sp³-hybridized carbons (Fsp3) is 0.190. The standard InChI is InChI=1S/C84H73BN4/c1-81(2,3)58-40-55(41-59(48-58)82(4,5)6)62-34-36-67-78-74(62)65-44-53(50-24-16-13-17-25-50)32-38-70(65)88(78)72-46-57(77-64-30-22-23-31-69(64)86-80(87-77)52-28-20-15-21-29-52)47-73-76(72)85(67)68-37-35-63(56-42-60(83(7,8)9)49-61(43-56)84(10,11)12)75-66-45-54(51-26-18-14-19-27-51)33-39-71(66)89(73)79(68)75/h13-49H,1-12H3. The van der Waals surface area contributed by atoms with Crippen LogP contribution in [0, 0.1) is 0 Å². The molecule has 0 spiro atoms. The molecular formula is C84H73BN4. The van der Waals surface area contributed by atoms with Crippen molar-refractivity contribution < 1.29 is 0 Å². The predicted octanol–water partition coefficient (Wildman–Crippen LogP) is 20.2. The molecule has 16 rings (SSSR count). The maximum Gasteiger partial charge on any atom is 0.252 e. The lowest BCUT2D eigenvalue weighted by molar-refractivity contribution is 0.568. The summed E-state index contributed by atoms with van der Waals surface area (Å²) in [7, 11) is 0. The molecule has 4 nitrogen and oxygen atoms in total. The number of hydrogen-bond donors (Lipinski definition) is 0. The number of nitrogens with zero attached hydrogens (tertiary/aromatic N) is 4. The van der Waals surface area contributed by atoms with Gasteiger partial charge in [-0.1, -0.05) is 265 Å². The van der Waals surface area contributed by atoms with E-state index < -0.39 is 0 Å². The van der Waals surface area contributed by atoms with Crippen molar-refractivity contribution in [2.24, 2.45) is 0 Å². The van der Waals surface area contributed by atoms with Gasteiger partial charge in [-0.05, 0) is 147 Å². The molecule has 0 amide bonds. The van der Waals surface area contributed by atoms with Gasteiger partial charge >= 0.3 is 0 Å². The van der Waals surface area contributed by atoms with E-state index in [1.54, 1.807) is 0 Å². The van der Waals surface area contributed by atoms with Crippen molar-refractivity contribution in [3.8, 4) is 78.5 Å². The van der Waals surface area contributed by atoms with Crippen LogP contribution in [-0.4, -0.2) is 25.8 Å². The summed E-state index contributed by atoms with van der Waals surface area (Å²) < 4.78 is 5.30. The minimum atomic E-state index is -0.128. The Labute approximate surface area is 523 Å². The smallest absolute Gasteiger partial charge is 0.252 e. The maximum absolute atomic E-state index is 5.67. The van der Waals surface area contributed by atoms with Gasteiger partial charge < -0.3 is 9.13 Å². The molecule has 0 saturated carbocycles. The van der Waals surface area contributed by atoms with E-state index in [2.05, 4.69) is 317 Å². The molecule has 5 heteroatoms. The fourth-order valence-electron chi connectivity index (χ4n) is 14.6. The number of fused-ring (bicyclic) bond motifs is 11. The Kier molecular flexibility index (Phi) is 12.0. The van der Waals surface area contributed by atoms with Gasteiger partial charge in [0.15, 0.2) is 5.82 Å². The first-order valence-corrected chi connectivity index (χ1v) is 31.8. The van der Waals surface area contributed by atoms with Crippen LogP contribution in [0.25, 0.3) is 133 Å². The average Bonchev–Trinajstić information content (AvgIpc) is 1.57. The average molecular weight is 1150 g/mol. The second-order valence-corrected chi connectivity index (χ2v) is 29.5. The van der Waals surface area contributed by atoms with Gasteiger partial charge in [-0.15, -0.1) is 0 Å². The Balaban J connectivity index is 1.09. The van der Waals surface area contributed by atoms with Crippen molar-refractivity contribution in [2.75, 3.05) is 0 Å². The number of para-hydroxylation sites is 1. The quantitative estimate of drug-likeness (QED) is 0.156. The highest BCUT2D eigenvalue weighted by Crippen LogP contribution is 2.48. The van der Waals surface area contributed by atoms with Crippen LogP contribution < -0.4 is 16.4 Å². The lowest BCUT2D eigenvalue weighted by Gasteiger charge is -2.35. The van der Waals surface area contributed by atoms with Crippen molar-refractivity contribution in [2.45, 2.75) is 105 Å². The van der Waals surface area contributed by atoms with E-state index in [1.165, 1.54) is 138 Å². The summed E-state index contributed by atoms with van der Waals surface area (Å²) in [6.45, 7) is 28.1. The van der Waals surface area contributed by atoms with Crippen LogP contribution in [0.3, 0.4) is 0 Å². The van der Waals surface area contributed by atoms with Crippen molar-refractivity contribution in [3.05, 3.63) is 247 Å². The molecule has 2 aliphatic rings. The first-order valence-electron chi connectivity index (χ1n) is 31.8. The summed E-state index contributed by atoms with van der Waals surface area (Å²) in [6.07, 6.45) is 0. The van der Waals surface area contributed by atoms with Gasteiger partial charge in [-0.2, -0.15) is 0 Å². The minimum absolute atomic E-state index is 0.0748. The first kappa shape index (κ1) is 54.8. The lowest BCUT2D eigenvalue weighted by atomic mass is 9.34. The summed E-state index contributed by atoms with van der Waals surface area (Å²) in [5, 5.41) is 6.04. The van der Waals surface area contributed by atoms with Crippen LogP contribution in [0.15, 0.2) is 224 Å². The molecule has 89 heavy (non-hydrogen) atoms. The molecule has 0 atom stereocenters. The van der Waals surface area contributed by atoms with Gasteiger partial charge in [-0.3, -0.25) is 0 Å². The SMILES string of the molecule is CC(C)(C)c1cc(-c2ccc3c4c2c2cc(-c5ccccc5)ccc2n4-c2cc(-c4nc(-c5ccccc5)nc5ccccc45)cc4c2B3c2ccc(-c3cc(C(C)(C)C)cc(C(C)(C)C)c3)c3c5cc(-c6ccccc6)ccc5n-4c23)cc(C(C)(C)C)c1. The summed E-state index contributed by atoms with van der Waals surface area (Å²) in [4.78, 5) is 10.9. The van der Waals surface area contributed by atoms with Crippen LogP contribution in [0.5, 0.6) is 0 Å². The number of hydrogen-bond acceptors (Lipinski definition) is 2. The Morgan fingerprint density at radius 1 is 0.315 bits per heavy atom. The van der Waals surface area contributed by atoms with Gasteiger partial charge in [0.05, 0.1) is 22.2 Å². The van der Waals surface area contributed by atoms with Crippen LogP contribution in [-0.2, 0) is 21.7 Å². The molecule has 0 unspecified atom stereocenters. The summed E-state index contributed by atoms with van der Waals surface area (Å²) >= 11 is 0. The molecule has 0 bridgehead atoms. The zero-order valence-corrected chi connectivity index (χ0v) is 53.2. The van der Waals surface area contributed by atoms with Crippen LogP contribution >= 0.6 is 0 Å². The van der Waals surface area contributed by atoms with E-state index in [9.17, 15) is 0 Å². The topological polar surface area (TPSA) is 35.6 Å². The molecule has 0 aliphatic carbocycles. The summed E-state index contributed by atoms with van der Waals surface area (Å²) in [6, 6.07) is 85.1. The molecule has 0 saturated heterocycles. The number of rotatable bonds is 6. The predicted molar refractivity (Wildman–Crippen MR) is 380 cm³/mol. The van der Waals surface area contributed by atoms with Gasteiger partial charge in [0.2, 0.25) is 0 Å². The Hall–Kier alpha value is -9.58. The minimum Gasteiger partial charge on any atom is -0.310 e. The third-order valence-corrected chi connectivity index (χ3v) is 19.5. The van der Waals surface area contributed by atoms with Crippen LogP contribution in [0.4, 0.5) is 0 Å². The summed E-state index contributed by atoms with van der Waals surface area (Å²) in [5.74, 6) is 0.706. The molecule has 2 aliphatic heterocycles. The largest absolute Gasteiger partial charge is 0.310 e. The van der Waals surface area contributed by atoms with E-state index in [1.807, 2.05) is 0 Å². The molecule has 432 valence electrons. The van der Waals surface area contributed by atoms with Crippen molar-refractivity contribution >= 4 is 77.6 Å². The normalized spacial score (nSPS) is 13.1. The summed E-state index contributed by atoms with van der Waals surface area (Å²) in [5.41, 5.74) is 29.8. The zero-order chi connectivity index (χ0) is 61.2. The highest BCUT2D eigenvalue weighted by atomic mass is 15.0. The molecule has 11 aromatic carbocycles. The van der Waals surface area contributed by atoms with Crippen LogP contribution in [0.1, 0.15) is 105 Å². The Morgan fingerprint density at radius 2 is 0.719 bits per heavy atom. The molecular weight excluding hydrogens is 1080 g/mol. The highest BCUT2D eigenvalue weighted by Gasteiger charge is 2.43. The Morgan fingerprint density at radius 3 is 1.15 bits per heavy atom. The van der Waals surface area contributed by atoms with Gasteiger partial charge in [0, 0.05) is 60.5 Å². The lowest BCUT2D eigenvalue weighted by Crippen LogP contribution is -2.59. The van der Waals surface area contributed by atoms with Gasteiger partial charge in [0.25, 0.3) is 6.71 Å². The van der Waals surface area contributed by atoms with E-state index in [0.29, 0.717) is 5.82 Å². The molecule has 14 aromatic rings. The third kappa shape index (κ3) is 8.70. The van der Waals surface area contributed by atoms with Crippen molar-refractivity contribution in [3.63, 3.8) is 0 Å². The monoisotopic (exact) mass is 1150 g/mol. The number of benzene rings is 11. The molecule has 3 aromatic heterocycles. The molecule has 0 fully saturated rings. The molecule has 5 heterocycles. The van der Waals surface area contributed by atoms with E-state index in [0.717, 1.165) is 27.7 Å². The van der Waals surface area contributed by atoms with Gasteiger partial charge in [0.1, 0.15) is 0 Å². The van der Waals surface area contributed by atoms with Gasteiger partial charge in [-0.25, -0.2) is 9.97 Å². The molecule has 0 radical (unpaired) electrons. The maximum atomic E-state index is 5.67. The fourth-order valence-corrected chi connectivity index (χ4v) is 14.6. The van der Waals surface area contributed by atoms with Crippen molar-refractivity contribution in [1.29, 1.82) is 0 Å². The van der Waals surface area contributed by atoms with E-state index in [4.69, 9.17) is 9.97 Å². The van der Waals surface area contributed by atoms with Crippen LogP contribution in [0.2, 0.25) is 0 Å². The van der Waals surface area contributed by atoms with E-state index in [-0.39, 0.29) is 28.4 Å².